The highest BCUT2D eigenvalue weighted by Crippen LogP contribution is 2.27. The molecule has 0 fully saturated rings. The van der Waals surface area contributed by atoms with Gasteiger partial charge in [0.15, 0.2) is 0 Å². The van der Waals surface area contributed by atoms with Gasteiger partial charge in [0.25, 0.3) is 0 Å². The van der Waals surface area contributed by atoms with Crippen molar-refractivity contribution < 1.29 is 9.84 Å². The fourth-order valence-electron chi connectivity index (χ4n) is 2.34. The maximum atomic E-state index is 9.84. The van der Waals surface area contributed by atoms with Crippen molar-refractivity contribution in [3.05, 3.63) is 66.4 Å². The summed E-state index contributed by atoms with van der Waals surface area (Å²) < 4.78 is 7.04. The van der Waals surface area contributed by atoms with Gasteiger partial charge in [0.05, 0.1) is 30.3 Å². The van der Waals surface area contributed by atoms with Crippen molar-refractivity contribution in [1.29, 1.82) is 0 Å². The first-order chi connectivity index (χ1) is 10.7. The Balaban J connectivity index is 2.12. The molecule has 3 rings (SSSR count). The molecule has 4 heteroatoms. The fourth-order valence-corrected chi connectivity index (χ4v) is 2.34. The van der Waals surface area contributed by atoms with E-state index >= 15 is 0 Å². The minimum Gasteiger partial charge on any atom is -0.497 e. The molecule has 0 radical (unpaired) electrons. The molecule has 1 unspecified atom stereocenters. The van der Waals surface area contributed by atoms with E-state index in [0.717, 1.165) is 22.7 Å². The molecule has 1 heterocycles. The molecular weight excluding hydrogens is 276 g/mol. The summed E-state index contributed by atoms with van der Waals surface area (Å²) in [6.45, 7) is 1.72. The first kappa shape index (κ1) is 14.4. The standard InChI is InChI=1S/C18H18N2O2/c1-13(21)17-12-18(14-6-4-3-5-7-14)20(19-17)15-8-10-16(22-2)11-9-15/h3-13,21H,1-2H3. The maximum Gasteiger partial charge on any atom is 0.119 e. The Hall–Kier alpha value is -2.59. The highest BCUT2D eigenvalue weighted by molar-refractivity contribution is 5.62. The number of aromatic nitrogens is 2. The molecule has 1 N–H and O–H groups in total. The third-order valence-electron chi connectivity index (χ3n) is 3.54. The van der Waals surface area contributed by atoms with Crippen LogP contribution in [0.1, 0.15) is 18.7 Å². The van der Waals surface area contributed by atoms with Crippen molar-refractivity contribution in [3.63, 3.8) is 0 Å². The molecule has 2 aromatic carbocycles. The van der Waals surface area contributed by atoms with E-state index in [0.29, 0.717) is 5.69 Å². The van der Waals surface area contributed by atoms with E-state index in [1.807, 2.05) is 65.3 Å². The zero-order chi connectivity index (χ0) is 15.5. The Morgan fingerprint density at radius 3 is 2.32 bits per heavy atom. The molecule has 0 saturated carbocycles. The molecule has 0 aliphatic rings. The zero-order valence-electron chi connectivity index (χ0n) is 12.6. The molecule has 22 heavy (non-hydrogen) atoms. The highest BCUT2D eigenvalue weighted by atomic mass is 16.5. The van der Waals surface area contributed by atoms with Crippen LogP contribution in [0, 0.1) is 0 Å². The topological polar surface area (TPSA) is 47.3 Å². The molecule has 0 bridgehead atoms. The normalized spacial score (nSPS) is 12.1. The summed E-state index contributed by atoms with van der Waals surface area (Å²) in [5, 5.41) is 14.4. The number of aliphatic hydroxyl groups is 1. The third-order valence-corrected chi connectivity index (χ3v) is 3.54. The number of benzene rings is 2. The van der Waals surface area contributed by atoms with Gasteiger partial charge in [0.1, 0.15) is 5.75 Å². The summed E-state index contributed by atoms with van der Waals surface area (Å²) in [5.74, 6) is 0.799. The molecule has 112 valence electrons. The van der Waals surface area contributed by atoms with E-state index in [4.69, 9.17) is 4.74 Å². The van der Waals surface area contributed by atoms with Gasteiger partial charge in [-0.1, -0.05) is 30.3 Å². The first-order valence-corrected chi connectivity index (χ1v) is 7.17. The van der Waals surface area contributed by atoms with Gasteiger partial charge in [0.2, 0.25) is 0 Å². The summed E-state index contributed by atoms with van der Waals surface area (Å²) in [6.07, 6.45) is -0.609. The van der Waals surface area contributed by atoms with Crippen molar-refractivity contribution in [3.8, 4) is 22.7 Å². The predicted octanol–water partition coefficient (Wildman–Crippen LogP) is 3.60. The van der Waals surface area contributed by atoms with Gasteiger partial charge in [-0.15, -0.1) is 0 Å². The van der Waals surface area contributed by atoms with E-state index in [2.05, 4.69) is 5.10 Å². The zero-order valence-corrected chi connectivity index (χ0v) is 12.6. The molecule has 0 aliphatic heterocycles. The SMILES string of the molecule is COc1ccc(-n2nc(C(C)O)cc2-c2ccccc2)cc1. The lowest BCUT2D eigenvalue weighted by Crippen LogP contribution is -2.00. The van der Waals surface area contributed by atoms with E-state index in [9.17, 15) is 5.11 Å². The van der Waals surface area contributed by atoms with Crippen LogP contribution in [-0.4, -0.2) is 22.0 Å². The Bertz CT molecular complexity index is 747. The van der Waals surface area contributed by atoms with E-state index in [1.165, 1.54) is 0 Å². The Labute approximate surface area is 129 Å². The molecule has 0 aliphatic carbocycles. The van der Waals surface area contributed by atoms with Crippen molar-refractivity contribution in [2.45, 2.75) is 13.0 Å². The summed E-state index contributed by atoms with van der Waals surface area (Å²) in [4.78, 5) is 0. The van der Waals surface area contributed by atoms with Crippen molar-refractivity contribution in [2.75, 3.05) is 7.11 Å². The van der Waals surface area contributed by atoms with Gasteiger partial charge in [0, 0.05) is 5.56 Å². The summed E-state index contributed by atoms with van der Waals surface area (Å²) in [7, 11) is 1.64. The van der Waals surface area contributed by atoms with Gasteiger partial charge in [-0.3, -0.25) is 0 Å². The molecule has 0 saturated heterocycles. The highest BCUT2D eigenvalue weighted by Gasteiger charge is 2.14. The molecule has 1 atom stereocenters. The molecule has 4 nitrogen and oxygen atoms in total. The van der Waals surface area contributed by atoms with Crippen molar-refractivity contribution in [2.24, 2.45) is 0 Å². The molecular formula is C18H18N2O2. The van der Waals surface area contributed by atoms with E-state index < -0.39 is 6.10 Å². The minimum atomic E-state index is -0.609. The molecule has 0 amide bonds. The van der Waals surface area contributed by atoms with Gasteiger partial charge in [-0.05, 0) is 37.3 Å². The Morgan fingerprint density at radius 1 is 1.05 bits per heavy atom. The second-order valence-corrected chi connectivity index (χ2v) is 5.11. The summed E-state index contributed by atoms with van der Waals surface area (Å²) in [6, 6.07) is 19.6. The van der Waals surface area contributed by atoms with Crippen molar-refractivity contribution >= 4 is 0 Å². The Morgan fingerprint density at radius 2 is 1.73 bits per heavy atom. The van der Waals surface area contributed by atoms with E-state index in [-0.39, 0.29) is 0 Å². The van der Waals surface area contributed by atoms with Crippen molar-refractivity contribution in [1.82, 2.24) is 9.78 Å². The molecule has 1 aromatic heterocycles. The lowest BCUT2D eigenvalue weighted by molar-refractivity contribution is 0.193. The second kappa shape index (κ2) is 6.03. The predicted molar refractivity (Wildman–Crippen MR) is 86.2 cm³/mol. The third kappa shape index (κ3) is 2.73. The minimum absolute atomic E-state index is 0.609. The fraction of sp³-hybridized carbons (Fsp3) is 0.167. The van der Waals surface area contributed by atoms with Crippen LogP contribution >= 0.6 is 0 Å². The number of hydrogen-bond donors (Lipinski definition) is 1. The average Bonchev–Trinajstić information content (AvgIpc) is 3.01. The van der Waals surface area contributed by atoms with Crippen LogP contribution in [0.2, 0.25) is 0 Å². The largest absolute Gasteiger partial charge is 0.497 e. The first-order valence-electron chi connectivity index (χ1n) is 7.17. The number of nitrogens with zero attached hydrogens (tertiary/aromatic N) is 2. The number of hydrogen-bond acceptors (Lipinski definition) is 3. The lowest BCUT2D eigenvalue weighted by atomic mass is 10.1. The monoisotopic (exact) mass is 294 g/mol. The molecule has 0 spiro atoms. The van der Waals surface area contributed by atoms with Gasteiger partial charge in [-0.25, -0.2) is 4.68 Å². The van der Waals surface area contributed by atoms with Gasteiger partial charge >= 0.3 is 0 Å². The summed E-state index contributed by atoms with van der Waals surface area (Å²) >= 11 is 0. The molecule has 3 aromatic rings. The number of methoxy groups -OCH3 is 1. The van der Waals surface area contributed by atoms with Gasteiger partial charge in [-0.2, -0.15) is 5.10 Å². The number of rotatable bonds is 4. The smallest absolute Gasteiger partial charge is 0.119 e. The maximum absolute atomic E-state index is 9.84. The van der Waals surface area contributed by atoms with Crippen LogP contribution in [0.3, 0.4) is 0 Å². The number of ether oxygens (including phenoxy) is 1. The van der Waals surface area contributed by atoms with Crippen LogP contribution in [0.15, 0.2) is 60.7 Å². The lowest BCUT2D eigenvalue weighted by Gasteiger charge is -2.08. The van der Waals surface area contributed by atoms with Gasteiger partial charge < -0.3 is 9.84 Å². The van der Waals surface area contributed by atoms with Crippen LogP contribution in [0.25, 0.3) is 16.9 Å². The second-order valence-electron chi connectivity index (χ2n) is 5.11. The number of aliphatic hydroxyl groups excluding tert-OH is 1. The van der Waals surface area contributed by atoms with Crippen LogP contribution in [-0.2, 0) is 0 Å². The Kier molecular flexibility index (Phi) is 3.94. The average molecular weight is 294 g/mol. The van der Waals surface area contributed by atoms with Crippen LogP contribution in [0.5, 0.6) is 5.75 Å². The van der Waals surface area contributed by atoms with E-state index in [1.54, 1.807) is 14.0 Å². The van der Waals surface area contributed by atoms with Crippen LogP contribution < -0.4 is 4.74 Å². The quantitative estimate of drug-likeness (QED) is 0.799. The van der Waals surface area contributed by atoms with Crippen LogP contribution in [0.4, 0.5) is 0 Å². The summed E-state index contributed by atoms with van der Waals surface area (Å²) in [5.41, 5.74) is 3.57.